The van der Waals surface area contributed by atoms with Gasteiger partial charge < -0.3 is 4.57 Å². The third-order valence-electron chi connectivity index (χ3n) is 2.48. The number of benzene rings is 1. The molecule has 0 fully saturated rings. The largest absolute Gasteiger partial charge is 0.325 e. The van der Waals surface area contributed by atoms with Crippen molar-refractivity contribution in [2.24, 2.45) is 0 Å². The van der Waals surface area contributed by atoms with E-state index in [1.165, 1.54) is 12.1 Å². The van der Waals surface area contributed by atoms with E-state index in [9.17, 15) is 9.18 Å². The fraction of sp³-hybridized carbons (Fsp3) is 0.167. The molecule has 88 valence electrons. The second-order valence-corrected chi connectivity index (χ2v) is 4.03. The molecule has 17 heavy (non-hydrogen) atoms. The van der Waals surface area contributed by atoms with Gasteiger partial charge in [0.1, 0.15) is 5.82 Å². The predicted octanol–water partition coefficient (Wildman–Crippen LogP) is 2.29. The van der Waals surface area contributed by atoms with Gasteiger partial charge in [-0.1, -0.05) is 18.2 Å². The first-order valence-corrected chi connectivity index (χ1v) is 5.61. The molecule has 1 aromatic heterocycles. The molecule has 0 aliphatic heterocycles. The van der Waals surface area contributed by atoms with Gasteiger partial charge in [0.25, 0.3) is 5.56 Å². The molecule has 0 bridgehead atoms. The van der Waals surface area contributed by atoms with Crippen LogP contribution in [0.25, 0.3) is 0 Å². The minimum absolute atomic E-state index is 0.219. The lowest BCUT2D eigenvalue weighted by molar-refractivity contribution is 0.588. The monoisotopic (exact) mass is 250 g/mol. The molecular formula is C12H11FN2OS. The van der Waals surface area contributed by atoms with Crippen LogP contribution < -0.4 is 5.56 Å². The van der Waals surface area contributed by atoms with E-state index in [2.05, 4.69) is 4.98 Å². The summed E-state index contributed by atoms with van der Waals surface area (Å²) in [7, 11) is 0. The Balaban J connectivity index is 2.16. The highest BCUT2D eigenvalue weighted by atomic mass is 32.1. The molecule has 0 spiro atoms. The van der Waals surface area contributed by atoms with E-state index in [-0.39, 0.29) is 11.4 Å². The van der Waals surface area contributed by atoms with Crippen molar-refractivity contribution in [3.05, 3.63) is 63.0 Å². The van der Waals surface area contributed by atoms with Crippen LogP contribution in [-0.4, -0.2) is 9.55 Å². The molecular weight excluding hydrogens is 239 g/mol. The van der Waals surface area contributed by atoms with Crippen molar-refractivity contribution >= 4 is 12.2 Å². The molecule has 1 aromatic carbocycles. The van der Waals surface area contributed by atoms with Crippen LogP contribution >= 0.6 is 12.2 Å². The molecule has 1 N–H and O–H groups in total. The van der Waals surface area contributed by atoms with Gasteiger partial charge in [0.05, 0.1) is 0 Å². The molecule has 0 aliphatic carbocycles. The van der Waals surface area contributed by atoms with Crippen molar-refractivity contribution < 1.29 is 4.39 Å². The number of aromatic amines is 1. The second-order valence-electron chi connectivity index (χ2n) is 3.64. The Labute approximate surface area is 103 Å². The number of nitrogens with one attached hydrogen (secondary N) is 1. The fourth-order valence-electron chi connectivity index (χ4n) is 1.56. The van der Waals surface area contributed by atoms with Gasteiger partial charge in [-0.25, -0.2) is 4.39 Å². The van der Waals surface area contributed by atoms with Gasteiger partial charge in [-0.15, -0.1) is 0 Å². The number of H-pyrrole nitrogens is 1. The number of aromatic nitrogens is 2. The van der Waals surface area contributed by atoms with E-state index in [4.69, 9.17) is 12.2 Å². The third kappa shape index (κ3) is 2.88. The molecule has 0 amide bonds. The van der Waals surface area contributed by atoms with E-state index in [0.29, 0.717) is 23.3 Å². The zero-order valence-electron chi connectivity index (χ0n) is 9.02. The molecule has 2 rings (SSSR count). The maximum Gasteiger partial charge on any atom is 0.251 e. The zero-order valence-corrected chi connectivity index (χ0v) is 9.84. The molecule has 0 atom stereocenters. The number of halogens is 1. The van der Waals surface area contributed by atoms with Crippen molar-refractivity contribution in [1.82, 2.24) is 9.55 Å². The van der Waals surface area contributed by atoms with Crippen molar-refractivity contribution in [2.75, 3.05) is 0 Å². The van der Waals surface area contributed by atoms with Gasteiger partial charge in [0, 0.05) is 18.8 Å². The molecule has 1 heterocycles. The van der Waals surface area contributed by atoms with E-state index >= 15 is 0 Å². The first-order chi connectivity index (χ1) is 8.16. The van der Waals surface area contributed by atoms with Crippen LogP contribution in [0.2, 0.25) is 0 Å². The Bertz CT molecular complexity index is 633. The molecule has 3 nitrogen and oxygen atoms in total. The van der Waals surface area contributed by atoms with Crippen LogP contribution in [0.1, 0.15) is 5.56 Å². The summed E-state index contributed by atoms with van der Waals surface area (Å²) in [6.45, 7) is 0.538. The van der Waals surface area contributed by atoms with Crippen molar-refractivity contribution in [2.45, 2.75) is 13.0 Å². The predicted molar refractivity (Wildman–Crippen MR) is 66.0 cm³/mol. The number of hydrogen-bond acceptors (Lipinski definition) is 2. The molecule has 0 aliphatic rings. The summed E-state index contributed by atoms with van der Waals surface area (Å²) in [6, 6.07) is 8.03. The Morgan fingerprint density at radius 3 is 2.76 bits per heavy atom. The summed E-state index contributed by atoms with van der Waals surface area (Å²) in [6.07, 6.45) is 2.15. The molecule has 0 saturated carbocycles. The number of nitrogens with zero attached hydrogens (tertiary/aromatic N) is 1. The zero-order chi connectivity index (χ0) is 12.3. The highest BCUT2D eigenvalue weighted by Gasteiger charge is 2.01. The van der Waals surface area contributed by atoms with E-state index < -0.39 is 0 Å². The number of aryl methyl sites for hydroxylation is 2. The molecule has 5 heteroatoms. The van der Waals surface area contributed by atoms with Gasteiger partial charge >= 0.3 is 0 Å². The van der Waals surface area contributed by atoms with E-state index in [0.717, 1.165) is 0 Å². The SMILES string of the molecule is O=c1ccn(CCc2ccccc2F)c(=S)[nH]1. The van der Waals surface area contributed by atoms with Crippen molar-refractivity contribution in [1.29, 1.82) is 0 Å². The lowest BCUT2D eigenvalue weighted by Crippen LogP contribution is -2.12. The van der Waals surface area contributed by atoms with Crippen molar-refractivity contribution in [3.8, 4) is 0 Å². The number of hydrogen-bond donors (Lipinski definition) is 1. The normalized spacial score (nSPS) is 10.4. The highest BCUT2D eigenvalue weighted by molar-refractivity contribution is 7.71. The summed E-state index contributed by atoms with van der Waals surface area (Å²) < 4.78 is 15.4. The minimum Gasteiger partial charge on any atom is -0.325 e. The topological polar surface area (TPSA) is 37.8 Å². The lowest BCUT2D eigenvalue weighted by Gasteiger charge is -2.06. The van der Waals surface area contributed by atoms with Gasteiger partial charge in [0.2, 0.25) is 0 Å². The first-order valence-electron chi connectivity index (χ1n) is 5.20. The lowest BCUT2D eigenvalue weighted by atomic mass is 10.1. The summed E-state index contributed by atoms with van der Waals surface area (Å²) in [5.74, 6) is -0.219. The molecule has 0 saturated heterocycles. The van der Waals surface area contributed by atoms with Crippen LogP contribution in [0, 0.1) is 10.6 Å². The Morgan fingerprint density at radius 2 is 2.06 bits per heavy atom. The molecule has 0 unspecified atom stereocenters. The maximum atomic E-state index is 13.4. The quantitative estimate of drug-likeness (QED) is 0.849. The van der Waals surface area contributed by atoms with E-state index in [1.807, 2.05) is 0 Å². The third-order valence-corrected chi connectivity index (χ3v) is 2.81. The Kier molecular flexibility index (Phi) is 3.49. The molecule has 0 radical (unpaired) electrons. The summed E-state index contributed by atoms with van der Waals surface area (Å²) in [4.78, 5) is 13.5. The van der Waals surface area contributed by atoms with Crippen LogP contribution in [0.4, 0.5) is 4.39 Å². The van der Waals surface area contributed by atoms with Gasteiger partial charge in [0.15, 0.2) is 4.77 Å². The minimum atomic E-state index is -0.225. The Morgan fingerprint density at radius 1 is 1.29 bits per heavy atom. The van der Waals surface area contributed by atoms with Gasteiger partial charge in [-0.3, -0.25) is 9.78 Å². The van der Waals surface area contributed by atoms with Crippen LogP contribution in [0.5, 0.6) is 0 Å². The molecule has 2 aromatic rings. The van der Waals surface area contributed by atoms with E-state index in [1.54, 1.807) is 29.0 Å². The average Bonchev–Trinajstić information content (AvgIpc) is 2.30. The summed E-state index contributed by atoms with van der Waals surface area (Å²) >= 11 is 5.00. The van der Waals surface area contributed by atoms with Crippen LogP contribution in [0.15, 0.2) is 41.3 Å². The smallest absolute Gasteiger partial charge is 0.251 e. The summed E-state index contributed by atoms with van der Waals surface area (Å²) in [5.41, 5.74) is 0.415. The summed E-state index contributed by atoms with van der Waals surface area (Å²) in [5, 5.41) is 0. The Hall–Kier alpha value is -1.75. The van der Waals surface area contributed by atoms with Gasteiger partial charge in [-0.05, 0) is 30.3 Å². The van der Waals surface area contributed by atoms with Crippen LogP contribution in [0.3, 0.4) is 0 Å². The maximum absolute atomic E-state index is 13.4. The standard InChI is InChI=1S/C12H11FN2OS/c13-10-4-2-1-3-9(10)5-7-15-8-6-11(16)14-12(15)17/h1-4,6,8H,5,7H2,(H,14,16,17). The van der Waals surface area contributed by atoms with Gasteiger partial charge in [-0.2, -0.15) is 0 Å². The highest BCUT2D eigenvalue weighted by Crippen LogP contribution is 2.07. The average molecular weight is 250 g/mol. The first kappa shape index (κ1) is 11.7. The van der Waals surface area contributed by atoms with Crippen LogP contribution in [-0.2, 0) is 13.0 Å². The van der Waals surface area contributed by atoms with Crippen molar-refractivity contribution in [3.63, 3.8) is 0 Å². The number of rotatable bonds is 3. The second kappa shape index (κ2) is 5.05. The fourth-order valence-corrected chi connectivity index (χ4v) is 1.82.